The van der Waals surface area contributed by atoms with Gasteiger partial charge >= 0.3 is 11.9 Å². The topological polar surface area (TPSA) is 74.6 Å². The van der Waals surface area contributed by atoms with Gasteiger partial charge < -0.3 is 10.2 Å². The van der Waals surface area contributed by atoms with Gasteiger partial charge in [-0.1, -0.05) is 105 Å². The maximum atomic E-state index is 12.3. The summed E-state index contributed by atoms with van der Waals surface area (Å²) in [6, 6.07) is 0. The van der Waals surface area contributed by atoms with Crippen molar-refractivity contribution in [3.8, 4) is 0 Å². The van der Waals surface area contributed by atoms with Gasteiger partial charge in [0.25, 0.3) is 0 Å². The monoisotopic (exact) mass is 426 g/mol. The summed E-state index contributed by atoms with van der Waals surface area (Å²) >= 11 is 0. The van der Waals surface area contributed by atoms with Crippen molar-refractivity contribution in [2.75, 3.05) is 0 Å². The third-order valence-electron chi connectivity index (χ3n) is 6.37. The van der Waals surface area contributed by atoms with Crippen molar-refractivity contribution < 1.29 is 19.8 Å². The lowest BCUT2D eigenvalue weighted by atomic mass is 9.74. The fourth-order valence-electron chi connectivity index (χ4n) is 4.35. The summed E-state index contributed by atoms with van der Waals surface area (Å²) in [6.07, 6.45) is 16.4. The van der Waals surface area contributed by atoms with Crippen molar-refractivity contribution in [3.63, 3.8) is 0 Å². The van der Waals surface area contributed by atoms with Crippen LogP contribution >= 0.6 is 0 Å². The van der Waals surface area contributed by atoms with Crippen LogP contribution < -0.4 is 0 Å². The summed E-state index contributed by atoms with van der Waals surface area (Å²) in [5.41, 5.74) is -0.559. The van der Waals surface area contributed by atoms with Crippen molar-refractivity contribution in [2.24, 2.45) is 17.3 Å². The van der Waals surface area contributed by atoms with E-state index in [0.717, 1.165) is 88.9 Å². The van der Waals surface area contributed by atoms with Crippen molar-refractivity contribution >= 4 is 11.9 Å². The Labute approximate surface area is 186 Å². The number of rotatable bonds is 21. The maximum Gasteiger partial charge on any atom is 0.309 e. The molecule has 2 N–H and O–H groups in total. The molecule has 0 heterocycles. The molecule has 0 aromatic rings. The standard InChI is InChI=1S/C26H50O4/c1-22(2)16-10-8-14-20-26(25(29)30,21-15-9-11-17-23(3)4)19-13-7-5-6-12-18-24(27)28/h22-23H,5-21H2,1-4H3,(H,27,28)(H,29,30). The van der Waals surface area contributed by atoms with Crippen molar-refractivity contribution in [3.05, 3.63) is 0 Å². The van der Waals surface area contributed by atoms with Gasteiger partial charge in [0, 0.05) is 6.42 Å². The smallest absolute Gasteiger partial charge is 0.309 e. The van der Waals surface area contributed by atoms with Gasteiger partial charge in [0.15, 0.2) is 0 Å². The molecule has 0 spiro atoms. The van der Waals surface area contributed by atoms with E-state index in [1.165, 1.54) is 25.7 Å². The number of carboxylic acids is 2. The Hall–Kier alpha value is -1.06. The van der Waals surface area contributed by atoms with Crippen LogP contribution in [0.15, 0.2) is 0 Å². The lowest BCUT2D eigenvalue weighted by Crippen LogP contribution is -2.31. The minimum atomic E-state index is -0.727. The van der Waals surface area contributed by atoms with E-state index in [9.17, 15) is 14.7 Å². The zero-order chi connectivity index (χ0) is 22.8. The third-order valence-corrected chi connectivity index (χ3v) is 6.37. The molecule has 0 radical (unpaired) electrons. The van der Waals surface area contributed by atoms with E-state index in [1.54, 1.807) is 0 Å². The summed E-state index contributed by atoms with van der Waals surface area (Å²) in [5, 5.41) is 18.9. The van der Waals surface area contributed by atoms with E-state index in [2.05, 4.69) is 27.7 Å². The van der Waals surface area contributed by atoms with E-state index < -0.39 is 17.4 Å². The van der Waals surface area contributed by atoms with Crippen LogP contribution in [-0.2, 0) is 9.59 Å². The molecule has 4 heteroatoms. The van der Waals surface area contributed by atoms with Crippen LogP contribution in [0.25, 0.3) is 0 Å². The first-order chi connectivity index (χ1) is 14.2. The molecule has 0 bridgehead atoms. The largest absolute Gasteiger partial charge is 0.481 e. The van der Waals surface area contributed by atoms with Gasteiger partial charge in [-0.15, -0.1) is 0 Å². The second-order valence-corrected chi connectivity index (χ2v) is 10.2. The predicted octanol–water partition coefficient (Wildman–Crippen LogP) is 8.09. The first-order valence-corrected chi connectivity index (χ1v) is 12.6. The van der Waals surface area contributed by atoms with Crippen LogP contribution in [0.3, 0.4) is 0 Å². The van der Waals surface area contributed by atoms with E-state index >= 15 is 0 Å². The fraction of sp³-hybridized carbons (Fsp3) is 0.923. The summed E-state index contributed by atoms with van der Waals surface area (Å²) in [5.74, 6) is 0.114. The van der Waals surface area contributed by atoms with Gasteiger partial charge in [0.05, 0.1) is 5.41 Å². The van der Waals surface area contributed by atoms with E-state index in [1.807, 2.05) is 0 Å². The quantitative estimate of drug-likeness (QED) is 0.182. The Balaban J connectivity index is 4.55. The lowest BCUT2D eigenvalue weighted by molar-refractivity contribution is -0.151. The SMILES string of the molecule is CC(C)CCCCCC(CCCCCCCC(=O)O)(CCCCCC(C)C)C(=O)O. The molecule has 0 atom stereocenters. The average molecular weight is 427 g/mol. The van der Waals surface area contributed by atoms with Crippen LogP contribution in [0.2, 0.25) is 0 Å². The second kappa shape index (κ2) is 17.6. The number of carbonyl (C=O) groups is 2. The summed E-state index contributed by atoms with van der Waals surface area (Å²) in [7, 11) is 0. The van der Waals surface area contributed by atoms with E-state index in [-0.39, 0.29) is 6.42 Å². The Bertz CT molecular complexity index is 424. The Kier molecular flexibility index (Phi) is 17.0. The van der Waals surface area contributed by atoms with Crippen molar-refractivity contribution in [2.45, 2.75) is 137 Å². The summed E-state index contributed by atoms with van der Waals surface area (Å²) in [4.78, 5) is 22.9. The van der Waals surface area contributed by atoms with Crippen molar-refractivity contribution in [1.29, 1.82) is 0 Å². The fourth-order valence-corrected chi connectivity index (χ4v) is 4.35. The molecular weight excluding hydrogens is 376 g/mol. The van der Waals surface area contributed by atoms with E-state index in [4.69, 9.17) is 5.11 Å². The predicted molar refractivity (Wildman–Crippen MR) is 126 cm³/mol. The number of aliphatic carboxylic acids is 2. The molecule has 0 aliphatic carbocycles. The van der Waals surface area contributed by atoms with Crippen LogP contribution in [0.4, 0.5) is 0 Å². The molecule has 0 saturated heterocycles. The van der Waals surface area contributed by atoms with E-state index in [0.29, 0.717) is 0 Å². The minimum absolute atomic E-state index is 0.242. The number of unbranched alkanes of at least 4 members (excludes halogenated alkanes) is 8. The molecular formula is C26H50O4. The summed E-state index contributed by atoms with van der Waals surface area (Å²) in [6.45, 7) is 8.98. The van der Waals surface area contributed by atoms with Crippen LogP contribution in [-0.4, -0.2) is 22.2 Å². The molecule has 178 valence electrons. The number of hydrogen-bond acceptors (Lipinski definition) is 2. The molecule has 0 aliphatic heterocycles. The third kappa shape index (κ3) is 15.7. The Morgan fingerprint density at radius 2 is 0.967 bits per heavy atom. The highest BCUT2D eigenvalue weighted by atomic mass is 16.4. The van der Waals surface area contributed by atoms with Gasteiger partial charge in [0.2, 0.25) is 0 Å². The zero-order valence-corrected chi connectivity index (χ0v) is 20.4. The lowest BCUT2D eigenvalue weighted by Gasteiger charge is -2.30. The van der Waals surface area contributed by atoms with Crippen LogP contribution in [0.5, 0.6) is 0 Å². The van der Waals surface area contributed by atoms with Crippen LogP contribution in [0, 0.1) is 17.3 Å². The molecule has 4 nitrogen and oxygen atoms in total. The summed E-state index contributed by atoms with van der Waals surface area (Å²) < 4.78 is 0. The molecule has 0 aromatic heterocycles. The Morgan fingerprint density at radius 1 is 0.600 bits per heavy atom. The molecule has 30 heavy (non-hydrogen) atoms. The normalized spacial score (nSPS) is 12.1. The highest BCUT2D eigenvalue weighted by Crippen LogP contribution is 2.38. The highest BCUT2D eigenvalue weighted by molar-refractivity contribution is 5.74. The first-order valence-electron chi connectivity index (χ1n) is 12.6. The molecule has 0 unspecified atom stereocenters. The average Bonchev–Trinajstić information content (AvgIpc) is 2.65. The number of hydrogen-bond donors (Lipinski definition) is 2. The number of carboxylic acid groups (broad SMARTS) is 2. The zero-order valence-electron chi connectivity index (χ0n) is 20.4. The molecule has 0 aliphatic rings. The van der Waals surface area contributed by atoms with Gasteiger partial charge in [-0.2, -0.15) is 0 Å². The molecule has 0 saturated carbocycles. The van der Waals surface area contributed by atoms with Gasteiger partial charge in [-0.25, -0.2) is 0 Å². The molecule has 0 rings (SSSR count). The molecule has 0 amide bonds. The van der Waals surface area contributed by atoms with Crippen LogP contribution in [0.1, 0.15) is 137 Å². The second-order valence-electron chi connectivity index (χ2n) is 10.2. The maximum absolute atomic E-state index is 12.3. The molecule has 0 fully saturated rings. The first kappa shape index (κ1) is 28.9. The van der Waals surface area contributed by atoms with Gasteiger partial charge in [0.1, 0.15) is 0 Å². The minimum Gasteiger partial charge on any atom is -0.481 e. The molecule has 0 aromatic carbocycles. The Morgan fingerprint density at radius 3 is 1.33 bits per heavy atom. The van der Waals surface area contributed by atoms with Crippen molar-refractivity contribution in [1.82, 2.24) is 0 Å². The van der Waals surface area contributed by atoms with Gasteiger partial charge in [-0.05, 0) is 37.5 Å². The highest BCUT2D eigenvalue weighted by Gasteiger charge is 2.36. The van der Waals surface area contributed by atoms with Gasteiger partial charge in [-0.3, -0.25) is 9.59 Å².